The van der Waals surface area contributed by atoms with E-state index in [1.165, 1.54) is 7.11 Å². The van der Waals surface area contributed by atoms with Crippen molar-refractivity contribution in [3.05, 3.63) is 54.1 Å². The second-order valence-electron chi connectivity index (χ2n) is 6.90. The molecular formula is C19H22F2N2OSi. The van der Waals surface area contributed by atoms with Crippen LogP contribution < -0.4 is 15.2 Å². The Morgan fingerprint density at radius 3 is 2.00 bits per heavy atom. The minimum absolute atomic E-state index is 0.253. The maximum absolute atomic E-state index is 13.9. The van der Waals surface area contributed by atoms with Crippen LogP contribution in [-0.4, -0.2) is 21.6 Å². The maximum Gasteiger partial charge on any atom is 0.278 e. The molecule has 1 N–H and O–H groups in total. The van der Waals surface area contributed by atoms with E-state index in [1.807, 2.05) is 12.1 Å². The Hall–Kier alpha value is -2.39. The number of rotatable bonds is 6. The molecule has 0 aliphatic rings. The lowest BCUT2D eigenvalue weighted by molar-refractivity contribution is 0.0928. The Balaban J connectivity index is 2.42. The highest BCUT2D eigenvalue weighted by Gasteiger charge is 2.42. The molecule has 1 atom stereocenters. The quantitative estimate of drug-likeness (QED) is 0.780. The van der Waals surface area contributed by atoms with E-state index in [4.69, 9.17) is 4.74 Å². The first-order valence-electron chi connectivity index (χ1n) is 7.95. The fraction of sp³-hybridized carbons (Fsp3) is 0.316. The van der Waals surface area contributed by atoms with Crippen molar-refractivity contribution in [3.63, 3.8) is 0 Å². The maximum atomic E-state index is 13.9. The van der Waals surface area contributed by atoms with E-state index in [1.54, 1.807) is 42.5 Å². The molecule has 0 spiro atoms. The molecule has 0 saturated heterocycles. The Kier molecular flexibility index (Phi) is 5.48. The summed E-state index contributed by atoms with van der Waals surface area (Å²) in [5.74, 6) is 0.615. The highest BCUT2D eigenvalue weighted by atomic mass is 28.3. The summed E-state index contributed by atoms with van der Waals surface area (Å²) in [4.78, 5) is 0. The van der Waals surface area contributed by atoms with Gasteiger partial charge in [0.25, 0.3) is 6.43 Å². The zero-order valence-electron chi connectivity index (χ0n) is 14.8. The zero-order chi connectivity index (χ0) is 18.7. The molecule has 0 bridgehead atoms. The van der Waals surface area contributed by atoms with Crippen LogP contribution >= 0.6 is 0 Å². The number of ether oxygens (including phenoxy) is 1. The number of nitriles is 1. The lowest BCUT2D eigenvalue weighted by atomic mass is 9.91. The molecule has 0 aliphatic heterocycles. The Labute approximate surface area is 148 Å². The van der Waals surface area contributed by atoms with Gasteiger partial charge in [-0.25, -0.2) is 8.78 Å². The summed E-state index contributed by atoms with van der Waals surface area (Å²) in [5, 5.41) is 13.4. The normalized spacial score (nSPS) is 13.8. The van der Waals surface area contributed by atoms with Crippen molar-refractivity contribution in [1.29, 1.82) is 5.26 Å². The SMILES string of the molecule is COc1ccc(NC(C#N)(c2ccc([Si](C)(C)C)cc2)C(F)F)cc1. The van der Waals surface area contributed by atoms with Gasteiger partial charge < -0.3 is 10.1 Å². The Morgan fingerprint density at radius 2 is 1.60 bits per heavy atom. The number of methoxy groups -OCH3 is 1. The summed E-state index contributed by atoms with van der Waals surface area (Å²) in [6, 6.07) is 15.3. The van der Waals surface area contributed by atoms with Gasteiger partial charge in [0.2, 0.25) is 5.54 Å². The number of hydrogen-bond donors (Lipinski definition) is 1. The highest BCUT2D eigenvalue weighted by Crippen LogP contribution is 2.32. The Bertz CT molecular complexity index is 749. The molecule has 3 nitrogen and oxygen atoms in total. The third kappa shape index (κ3) is 3.99. The summed E-state index contributed by atoms with van der Waals surface area (Å²) < 4.78 is 32.9. The van der Waals surface area contributed by atoms with Crippen molar-refractivity contribution < 1.29 is 13.5 Å². The van der Waals surface area contributed by atoms with Crippen LogP contribution in [0.15, 0.2) is 48.5 Å². The molecule has 0 fully saturated rings. The van der Waals surface area contributed by atoms with Gasteiger partial charge in [-0.1, -0.05) is 49.1 Å². The molecule has 0 radical (unpaired) electrons. The fourth-order valence-electron chi connectivity index (χ4n) is 2.53. The van der Waals surface area contributed by atoms with Crippen LogP contribution in [0.3, 0.4) is 0 Å². The lowest BCUT2D eigenvalue weighted by Crippen LogP contribution is -2.42. The topological polar surface area (TPSA) is 45.0 Å². The van der Waals surface area contributed by atoms with Gasteiger partial charge in [-0.15, -0.1) is 0 Å². The van der Waals surface area contributed by atoms with Crippen LogP contribution in [0.1, 0.15) is 5.56 Å². The lowest BCUT2D eigenvalue weighted by Gasteiger charge is -2.29. The average Bonchev–Trinajstić information content (AvgIpc) is 2.59. The van der Waals surface area contributed by atoms with Gasteiger partial charge in [-0.3, -0.25) is 0 Å². The van der Waals surface area contributed by atoms with E-state index in [2.05, 4.69) is 25.0 Å². The molecule has 0 amide bonds. The first-order valence-corrected chi connectivity index (χ1v) is 11.5. The highest BCUT2D eigenvalue weighted by molar-refractivity contribution is 6.88. The summed E-state index contributed by atoms with van der Waals surface area (Å²) >= 11 is 0. The first-order chi connectivity index (χ1) is 11.7. The van der Waals surface area contributed by atoms with E-state index >= 15 is 0 Å². The van der Waals surface area contributed by atoms with Crippen molar-refractivity contribution in [2.45, 2.75) is 31.6 Å². The van der Waals surface area contributed by atoms with Gasteiger partial charge in [0, 0.05) is 5.69 Å². The molecule has 0 aliphatic carbocycles. The van der Waals surface area contributed by atoms with Gasteiger partial charge in [-0.05, 0) is 29.8 Å². The third-order valence-corrected chi connectivity index (χ3v) is 6.21. The minimum atomic E-state index is -2.89. The molecule has 25 heavy (non-hydrogen) atoms. The molecule has 0 aromatic heterocycles. The van der Waals surface area contributed by atoms with Gasteiger partial charge in [0.1, 0.15) is 11.8 Å². The molecule has 2 rings (SSSR count). The minimum Gasteiger partial charge on any atom is -0.497 e. The van der Waals surface area contributed by atoms with Crippen molar-refractivity contribution in [2.24, 2.45) is 0 Å². The number of nitrogens with one attached hydrogen (secondary N) is 1. The number of halogens is 2. The molecule has 2 aromatic rings. The van der Waals surface area contributed by atoms with Crippen LogP contribution in [0, 0.1) is 11.3 Å². The van der Waals surface area contributed by atoms with E-state index in [0.717, 1.165) is 5.19 Å². The van der Waals surface area contributed by atoms with E-state index in [9.17, 15) is 14.0 Å². The van der Waals surface area contributed by atoms with Crippen LogP contribution in [0.25, 0.3) is 0 Å². The van der Waals surface area contributed by atoms with E-state index < -0.39 is 20.0 Å². The van der Waals surface area contributed by atoms with Crippen molar-refractivity contribution >= 4 is 18.9 Å². The number of benzene rings is 2. The van der Waals surface area contributed by atoms with Gasteiger partial charge in [0.15, 0.2) is 0 Å². The second-order valence-corrected chi connectivity index (χ2v) is 12.0. The van der Waals surface area contributed by atoms with Crippen molar-refractivity contribution in [2.75, 3.05) is 12.4 Å². The van der Waals surface area contributed by atoms with Crippen molar-refractivity contribution in [3.8, 4) is 11.8 Å². The number of hydrogen-bond acceptors (Lipinski definition) is 3. The third-order valence-electron chi connectivity index (χ3n) is 4.14. The summed E-state index contributed by atoms with van der Waals surface area (Å²) in [7, 11) is -0.0131. The average molecular weight is 360 g/mol. The molecule has 2 aromatic carbocycles. The molecule has 6 heteroatoms. The zero-order valence-corrected chi connectivity index (χ0v) is 15.8. The van der Waals surface area contributed by atoms with Crippen LogP contribution in [0.2, 0.25) is 19.6 Å². The smallest absolute Gasteiger partial charge is 0.278 e. The molecule has 0 saturated carbocycles. The monoisotopic (exact) mass is 360 g/mol. The molecule has 1 unspecified atom stereocenters. The van der Waals surface area contributed by atoms with E-state index in [0.29, 0.717) is 11.4 Å². The van der Waals surface area contributed by atoms with Crippen molar-refractivity contribution in [1.82, 2.24) is 0 Å². The number of nitrogens with zero attached hydrogens (tertiary/aromatic N) is 1. The van der Waals surface area contributed by atoms with Crippen LogP contribution in [-0.2, 0) is 5.54 Å². The van der Waals surface area contributed by atoms with E-state index in [-0.39, 0.29) is 5.56 Å². The molecule has 0 heterocycles. The summed E-state index contributed by atoms with van der Waals surface area (Å²) in [6.07, 6.45) is -2.89. The van der Waals surface area contributed by atoms with Gasteiger partial charge in [0.05, 0.1) is 15.2 Å². The number of alkyl halides is 2. The predicted molar refractivity (Wildman–Crippen MR) is 99.3 cm³/mol. The largest absolute Gasteiger partial charge is 0.497 e. The van der Waals surface area contributed by atoms with Crippen LogP contribution in [0.4, 0.5) is 14.5 Å². The summed E-state index contributed by atoms with van der Waals surface area (Å²) in [5.41, 5.74) is -1.42. The molecule has 132 valence electrons. The fourth-order valence-corrected chi connectivity index (χ4v) is 3.70. The van der Waals surface area contributed by atoms with Gasteiger partial charge in [-0.2, -0.15) is 5.26 Å². The predicted octanol–water partition coefficient (Wildman–Crippen LogP) is 4.34. The molecular weight excluding hydrogens is 338 g/mol. The standard InChI is InChI=1S/C19H22F2N2OSi/c1-24-16-9-7-15(8-10-16)23-19(13-22,18(20)21)14-5-11-17(12-6-14)25(2,3)4/h5-12,18,23H,1-4H3. The second kappa shape index (κ2) is 7.24. The first kappa shape index (κ1) is 18.9. The van der Waals surface area contributed by atoms with Gasteiger partial charge >= 0.3 is 0 Å². The van der Waals surface area contributed by atoms with Crippen LogP contribution in [0.5, 0.6) is 5.75 Å². The number of anilines is 1. The summed E-state index contributed by atoms with van der Waals surface area (Å²) in [6.45, 7) is 6.55. The Morgan fingerprint density at radius 1 is 1.04 bits per heavy atom.